The van der Waals surface area contributed by atoms with Gasteiger partial charge in [0.25, 0.3) is 0 Å². The molecule has 0 bridgehead atoms. The van der Waals surface area contributed by atoms with Gasteiger partial charge in [0.05, 0.1) is 5.69 Å². The fraction of sp³-hybridized carbons (Fsp3) is 0. The molecule has 2 aromatic heterocycles. The summed E-state index contributed by atoms with van der Waals surface area (Å²) in [6, 6.07) is 68.0. The van der Waals surface area contributed by atoms with E-state index in [-0.39, 0.29) is 0 Å². The van der Waals surface area contributed by atoms with E-state index >= 15 is 0 Å². The SMILES string of the molecule is c1ccc2c(c1)ccc1cccc(N(c3ccc(-c4ccc5sc6ccccc6c5c4)cc3)c3ccc(-c4cccc5c4oc4ccccc45)cc3)c12. The Kier molecular flexibility index (Phi) is 6.76. The van der Waals surface area contributed by atoms with Crippen molar-refractivity contribution in [2.75, 3.05) is 4.90 Å². The highest BCUT2D eigenvalue weighted by Gasteiger charge is 2.19. The van der Waals surface area contributed by atoms with Gasteiger partial charge in [0.1, 0.15) is 11.2 Å². The maximum Gasteiger partial charge on any atom is 0.143 e. The molecule has 0 aliphatic heterocycles. The molecule has 0 unspecified atom stereocenters. The molecule has 0 amide bonds. The van der Waals surface area contributed by atoms with E-state index in [4.69, 9.17) is 4.42 Å². The summed E-state index contributed by atoms with van der Waals surface area (Å²) in [5.41, 5.74) is 9.79. The van der Waals surface area contributed by atoms with Gasteiger partial charge >= 0.3 is 0 Å². The Morgan fingerprint density at radius 1 is 0.396 bits per heavy atom. The zero-order valence-electron chi connectivity index (χ0n) is 28.7. The lowest BCUT2D eigenvalue weighted by molar-refractivity contribution is 0.670. The van der Waals surface area contributed by atoms with E-state index in [9.17, 15) is 0 Å². The molecule has 0 N–H and O–H groups in total. The number of nitrogens with zero attached hydrogens (tertiary/aromatic N) is 1. The van der Waals surface area contributed by atoms with E-state index in [1.807, 2.05) is 23.5 Å². The fourth-order valence-electron chi connectivity index (χ4n) is 8.13. The predicted octanol–water partition coefficient (Wildman–Crippen LogP) is 15.1. The maximum atomic E-state index is 6.42. The number of anilines is 3. The molecular formula is C50H31NOS. The lowest BCUT2D eigenvalue weighted by Crippen LogP contribution is -2.10. The Bertz CT molecular complexity index is 3170. The molecule has 0 spiro atoms. The van der Waals surface area contributed by atoms with Crippen LogP contribution in [0.25, 0.3) is 85.9 Å². The Labute approximate surface area is 310 Å². The number of para-hydroxylation sites is 2. The average Bonchev–Trinajstić information content (AvgIpc) is 3.80. The number of benzene rings is 9. The van der Waals surface area contributed by atoms with Gasteiger partial charge in [-0.3, -0.25) is 0 Å². The Morgan fingerprint density at radius 3 is 1.87 bits per heavy atom. The van der Waals surface area contributed by atoms with Gasteiger partial charge in [0, 0.05) is 53.3 Å². The monoisotopic (exact) mass is 693 g/mol. The summed E-state index contributed by atoms with van der Waals surface area (Å²) >= 11 is 1.86. The molecule has 0 atom stereocenters. The number of furan rings is 1. The minimum atomic E-state index is 0.910. The van der Waals surface area contributed by atoms with Crippen LogP contribution < -0.4 is 4.90 Å². The number of thiophene rings is 1. The third-order valence-electron chi connectivity index (χ3n) is 10.7. The molecule has 0 aliphatic carbocycles. The largest absolute Gasteiger partial charge is 0.455 e. The van der Waals surface area contributed by atoms with Crippen molar-refractivity contribution in [2.45, 2.75) is 0 Å². The van der Waals surface area contributed by atoms with E-state index in [0.29, 0.717) is 0 Å². The normalized spacial score (nSPS) is 11.8. The van der Waals surface area contributed by atoms with E-state index in [0.717, 1.165) is 50.1 Å². The first-order chi connectivity index (χ1) is 26.3. The average molecular weight is 694 g/mol. The van der Waals surface area contributed by atoms with Crippen LogP contribution in [-0.2, 0) is 0 Å². The van der Waals surface area contributed by atoms with Gasteiger partial charge in [-0.2, -0.15) is 0 Å². The quantitative estimate of drug-likeness (QED) is 0.167. The minimum Gasteiger partial charge on any atom is -0.455 e. The maximum absolute atomic E-state index is 6.42. The topological polar surface area (TPSA) is 16.4 Å². The number of fused-ring (bicyclic) bond motifs is 9. The van der Waals surface area contributed by atoms with E-state index in [1.165, 1.54) is 52.8 Å². The van der Waals surface area contributed by atoms with Crippen LogP contribution in [0, 0.1) is 0 Å². The summed E-state index contributed by atoms with van der Waals surface area (Å²) in [7, 11) is 0. The van der Waals surface area contributed by atoms with Crippen molar-refractivity contribution in [3.05, 3.63) is 188 Å². The van der Waals surface area contributed by atoms with Crippen molar-refractivity contribution >= 4 is 92.1 Å². The molecule has 53 heavy (non-hydrogen) atoms. The molecule has 2 nitrogen and oxygen atoms in total. The molecule has 0 fully saturated rings. The second-order valence-electron chi connectivity index (χ2n) is 13.7. The Hall–Kier alpha value is -6.68. The highest BCUT2D eigenvalue weighted by Crippen LogP contribution is 2.44. The van der Waals surface area contributed by atoms with Crippen molar-refractivity contribution in [1.29, 1.82) is 0 Å². The van der Waals surface area contributed by atoms with Gasteiger partial charge < -0.3 is 9.32 Å². The van der Waals surface area contributed by atoms with Crippen molar-refractivity contribution in [1.82, 2.24) is 0 Å². The van der Waals surface area contributed by atoms with Crippen LogP contribution in [0.2, 0.25) is 0 Å². The zero-order valence-corrected chi connectivity index (χ0v) is 29.5. The summed E-state index contributed by atoms with van der Waals surface area (Å²) in [6.45, 7) is 0. The van der Waals surface area contributed by atoms with E-state index in [2.05, 4.69) is 181 Å². The third kappa shape index (κ3) is 4.86. The second-order valence-corrected chi connectivity index (χ2v) is 14.8. The van der Waals surface area contributed by atoms with Crippen LogP contribution in [0.15, 0.2) is 192 Å². The molecule has 9 aromatic carbocycles. The third-order valence-corrected chi connectivity index (χ3v) is 11.8. The first-order valence-electron chi connectivity index (χ1n) is 18.0. The van der Waals surface area contributed by atoms with Crippen LogP contribution in [0.3, 0.4) is 0 Å². The van der Waals surface area contributed by atoms with Crippen molar-refractivity contribution in [3.8, 4) is 22.3 Å². The van der Waals surface area contributed by atoms with Gasteiger partial charge in [0.15, 0.2) is 0 Å². The number of hydrogen-bond donors (Lipinski definition) is 0. The van der Waals surface area contributed by atoms with Gasteiger partial charge in [-0.25, -0.2) is 0 Å². The van der Waals surface area contributed by atoms with Crippen molar-refractivity contribution < 1.29 is 4.42 Å². The summed E-state index contributed by atoms with van der Waals surface area (Å²) in [5.74, 6) is 0. The van der Waals surface area contributed by atoms with Crippen LogP contribution in [-0.4, -0.2) is 0 Å². The van der Waals surface area contributed by atoms with E-state index in [1.54, 1.807) is 0 Å². The van der Waals surface area contributed by atoms with Crippen LogP contribution >= 0.6 is 11.3 Å². The molecule has 0 saturated heterocycles. The highest BCUT2D eigenvalue weighted by atomic mass is 32.1. The molecular weight excluding hydrogens is 663 g/mol. The smallest absolute Gasteiger partial charge is 0.143 e. The molecule has 248 valence electrons. The predicted molar refractivity (Wildman–Crippen MR) is 227 cm³/mol. The lowest BCUT2D eigenvalue weighted by Gasteiger charge is -2.28. The van der Waals surface area contributed by atoms with Gasteiger partial charge in [-0.15, -0.1) is 11.3 Å². The zero-order chi connectivity index (χ0) is 34.9. The minimum absolute atomic E-state index is 0.910. The number of hydrogen-bond acceptors (Lipinski definition) is 3. The standard InChI is InChI=1S/C50H31NOS/c1-2-11-39-33(9-1)19-20-35-10-7-16-45(49(35)39)51(37-26-21-32(22-27-37)36-25-30-48-44(31-36)42-13-4-6-18-47(42)53-48)38-28-23-34(24-29-38)40-14-8-15-43-41-12-3-5-17-46(41)52-50(40)43/h1-31H. The van der Waals surface area contributed by atoms with Crippen molar-refractivity contribution in [2.24, 2.45) is 0 Å². The molecule has 11 rings (SSSR count). The van der Waals surface area contributed by atoms with E-state index < -0.39 is 0 Å². The number of rotatable bonds is 5. The molecule has 3 heteroatoms. The Morgan fingerprint density at radius 2 is 1.02 bits per heavy atom. The Balaban J connectivity index is 1.06. The molecule has 0 aliphatic rings. The molecule has 0 saturated carbocycles. The van der Waals surface area contributed by atoms with Gasteiger partial charge in [-0.1, -0.05) is 133 Å². The second kappa shape index (κ2) is 11.9. The molecule has 2 heterocycles. The first-order valence-corrected chi connectivity index (χ1v) is 18.8. The molecule has 11 aromatic rings. The first kappa shape index (κ1) is 30.0. The van der Waals surface area contributed by atoms with Crippen LogP contribution in [0.1, 0.15) is 0 Å². The van der Waals surface area contributed by atoms with Gasteiger partial charge in [-0.05, 0) is 87.4 Å². The summed E-state index contributed by atoms with van der Waals surface area (Å²) in [4.78, 5) is 2.40. The molecule has 0 radical (unpaired) electrons. The summed E-state index contributed by atoms with van der Waals surface area (Å²) < 4.78 is 9.07. The van der Waals surface area contributed by atoms with Crippen molar-refractivity contribution in [3.63, 3.8) is 0 Å². The van der Waals surface area contributed by atoms with Gasteiger partial charge in [0.2, 0.25) is 0 Å². The van der Waals surface area contributed by atoms with Crippen LogP contribution in [0.5, 0.6) is 0 Å². The van der Waals surface area contributed by atoms with Crippen LogP contribution in [0.4, 0.5) is 17.1 Å². The fourth-order valence-corrected chi connectivity index (χ4v) is 9.21. The highest BCUT2D eigenvalue weighted by molar-refractivity contribution is 7.25. The summed E-state index contributed by atoms with van der Waals surface area (Å²) in [5, 5.41) is 9.84. The lowest BCUT2D eigenvalue weighted by atomic mass is 9.98. The summed E-state index contributed by atoms with van der Waals surface area (Å²) in [6.07, 6.45) is 0.